The van der Waals surface area contributed by atoms with Gasteiger partial charge in [-0.2, -0.15) is 0 Å². The van der Waals surface area contributed by atoms with E-state index in [2.05, 4.69) is 57.8 Å². The summed E-state index contributed by atoms with van der Waals surface area (Å²) in [6.07, 6.45) is 11.8. The molecule has 2 saturated heterocycles. The lowest BCUT2D eigenvalue weighted by Gasteiger charge is -2.23. The molecule has 16 nitrogen and oxygen atoms in total. The van der Waals surface area contributed by atoms with Crippen molar-refractivity contribution >= 4 is 46.3 Å². The molecule has 0 radical (unpaired) electrons. The Balaban J connectivity index is 0.000000176. The summed E-state index contributed by atoms with van der Waals surface area (Å²) >= 11 is 0. The number of rotatable bonds is 9. The summed E-state index contributed by atoms with van der Waals surface area (Å²) in [5.74, 6) is 7.30. The lowest BCUT2D eigenvalue weighted by Crippen LogP contribution is -2.30. The largest absolute Gasteiger partial charge is 0.329 e. The van der Waals surface area contributed by atoms with E-state index < -0.39 is 0 Å². The summed E-state index contributed by atoms with van der Waals surface area (Å²) < 4.78 is 4.22. The number of amides is 4. The minimum atomic E-state index is -0.235. The third-order valence-electron chi connectivity index (χ3n) is 12.8. The molecule has 8 heterocycles. The van der Waals surface area contributed by atoms with Gasteiger partial charge in [0.1, 0.15) is 23.3 Å². The van der Waals surface area contributed by atoms with Crippen LogP contribution in [0, 0.1) is 39.5 Å². The molecular weight excluding hydrogens is 893 g/mol. The Morgan fingerprint density at radius 3 is 1.49 bits per heavy atom. The molecule has 0 saturated carbocycles. The minimum absolute atomic E-state index is 0.0856. The molecule has 2 aliphatic rings. The maximum Gasteiger partial charge on any atom is 0.299 e. The molecule has 2 N–H and O–H groups in total. The number of anilines is 2. The number of hydrogen-bond donors (Lipinski definition) is 2. The van der Waals surface area contributed by atoms with Gasteiger partial charge in [0.25, 0.3) is 17.7 Å². The van der Waals surface area contributed by atoms with Crippen molar-refractivity contribution < 1.29 is 19.2 Å². The van der Waals surface area contributed by atoms with Crippen molar-refractivity contribution in [1.82, 2.24) is 48.5 Å². The second-order valence-corrected chi connectivity index (χ2v) is 17.4. The molecule has 10 rings (SSSR count). The van der Waals surface area contributed by atoms with E-state index in [9.17, 15) is 19.2 Å². The molecule has 2 fully saturated rings. The van der Waals surface area contributed by atoms with Crippen LogP contribution in [0.15, 0.2) is 122 Å². The van der Waals surface area contributed by atoms with Gasteiger partial charge in [-0.05, 0) is 121 Å². The molecule has 4 amide bonds. The average molecular weight is 945 g/mol. The molecule has 0 bridgehead atoms. The molecule has 2 aliphatic heterocycles. The topological polar surface area (TPSA) is 185 Å². The molecule has 71 heavy (non-hydrogen) atoms. The van der Waals surface area contributed by atoms with Gasteiger partial charge >= 0.3 is 0 Å². The predicted molar refractivity (Wildman–Crippen MR) is 271 cm³/mol. The van der Waals surface area contributed by atoms with Crippen LogP contribution < -0.4 is 10.6 Å². The van der Waals surface area contributed by atoms with Crippen molar-refractivity contribution in [2.45, 2.75) is 72.4 Å². The van der Waals surface area contributed by atoms with Crippen LogP contribution in [0.25, 0.3) is 33.5 Å². The molecule has 6 aromatic heterocycles. The lowest BCUT2D eigenvalue weighted by atomic mass is 10.1. The van der Waals surface area contributed by atoms with Crippen molar-refractivity contribution in [2.24, 2.45) is 0 Å². The fourth-order valence-electron chi connectivity index (χ4n) is 9.41. The van der Waals surface area contributed by atoms with Crippen LogP contribution >= 0.6 is 0 Å². The Morgan fingerprint density at radius 1 is 0.620 bits per heavy atom. The van der Waals surface area contributed by atoms with E-state index in [-0.39, 0.29) is 35.7 Å². The van der Waals surface area contributed by atoms with E-state index in [4.69, 9.17) is 9.97 Å². The van der Waals surface area contributed by atoms with E-state index in [1.165, 1.54) is 6.08 Å². The van der Waals surface area contributed by atoms with E-state index in [0.717, 1.165) is 93.7 Å². The minimum Gasteiger partial charge on any atom is -0.329 e. The number of carbonyl (C=O) groups excluding carboxylic acids is 4. The number of likely N-dealkylation sites (tertiary alicyclic amines) is 2. The smallest absolute Gasteiger partial charge is 0.299 e. The van der Waals surface area contributed by atoms with Gasteiger partial charge in [0.2, 0.25) is 5.91 Å². The van der Waals surface area contributed by atoms with E-state index in [1.54, 1.807) is 67.8 Å². The summed E-state index contributed by atoms with van der Waals surface area (Å²) in [5.41, 5.74) is 9.72. The number of benzene rings is 2. The summed E-state index contributed by atoms with van der Waals surface area (Å²) in [6.45, 7) is 14.6. The lowest BCUT2D eigenvalue weighted by molar-refractivity contribution is -0.127. The van der Waals surface area contributed by atoms with E-state index in [1.807, 2.05) is 86.3 Å². The average Bonchev–Trinajstić information content (AvgIpc) is 4.23. The summed E-state index contributed by atoms with van der Waals surface area (Å²) in [5, 5.41) is 5.60. The van der Waals surface area contributed by atoms with Crippen molar-refractivity contribution in [3.05, 3.63) is 168 Å². The fourth-order valence-corrected chi connectivity index (χ4v) is 9.41. The van der Waals surface area contributed by atoms with Gasteiger partial charge in [-0.1, -0.05) is 48.9 Å². The number of imidazole rings is 2. The van der Waals surface area contributed by atoms with Gasteiger partial charge in [-0.25, -0.2) is 19.9 Å². The van der Waals surface area contributed by atoms with Gasteiger partial charge in [-0.3, -0.25) is 37.9 Å². The van der Waals surface area contributed by atoms with Crippen molar-refractivity contribution in [3.63, 3.8) is 0 Å². The first kappa shape index (κ1) is 47.2. The number of nitrogens with zero attached hydrogens (tertiary/aromatic N) is 10. The third kappa shape index (κ3) is 9.49. The van der Waals surface area contributed by atoms with Crippen LogP contribution in [0.4, 0.5) is 11.6 Å². The van der Waals surface area contributed by atoms with E-state index >= 15 is 0 Å². The normalized spacial score (nSPS) is 15.2. The Hall–Kier alpha value is -8.84. The Kier molecular flexibility index (Phi) is 13.6. The summed E-state index contributed by atoms with van der Waals surface area (Å²) in [4.78, 5) is 81.7. The third-order valence-corrected chi connectivity index (χ3v) is 12.8. The molecule has 0 unspecified atom stereocenters. The van der Waals surface area contributed by atoms with Crippen LogP contribution in [0.2, 0.25) is 0 Å². The number of pyridine rings is 2. The SMILES string of the molecule is C=CC(=O)N1CCC[C@H]1c1nc(-c2ccc(C(=O)Nc3ccccn3)cc2)c2c(C)ncc(C)n12.CC#CC(=O)N1CCC[C@H]1c1nc(-c2ccc(C(=O)Nc3ccccn3)cc2)c2c(C)ncc(C)n12. The number of aromatic nitrogens is 8. The second-order valence-electron chi connectivity index (χ2n) is 17.4. The standard InChI is InChI=1S/C28H26N6O2.C27H26N6O2/c1-4-8-24(35)33-16-7-9-22(33)27-32-25(26-19(3)30-17-18(2)34(26)27)20-11-13-21(14-12-20)28(36)31-23-10-5-6-15-29-23;1-4-23(34)32-15-7-8-21(32)26-31-24(25-18(3)29-16-17(2)33(25)26)19-10-12-20(13-11-19)27(35)30-22-9-5-6-14-28-22/h5-6,10-15,17,22H,7,9,16H2,1-3H3,(H,29,31,36);4-6,9-14,16,21H,1,7-8,15H2,2-3H3,(H,28,30,35)/t22-;21-/m00/s1. The van der Waals surface area contributed by atoms with Crippen molar-refractivity contribution in [1.29, 1.82) is 0 Å². The first-order chi connectivity index (χ1) is 34.4. The number of carbonyl (C=O) groups is 4. The van der Waals surface area contributed by atoms with Crippen LogP contribution in [0.5, 0.6) is 0 Å². The zero-order valence-corrected chi connectivity index (χ0v) is 40.2. The van der Waals surface area contributed by atoms with Gasteiger partial charge in [0.05, 0.1) is 45.9 Å². The molecule has 2 aromatic carbocycles. The first-order valence-corrected chi connectivity index (χ1v) is 23.5. The molecular formula is C55H52N12O4. The zero-order chi connectivity index (χ0) is 49.8. The monoisotopic (exact) mass is 944 g/mol. The fraction of sp³-hybridized carbons (Fsp3) is 0.236. The highest BCUT2D eigenvalue weighted by molar-refractivity contribution is 6.05. The van der Waals surface area contributed by atoms with Crippen molar-refractivity contribution in [2.75, 3.05) is 23.7 Å². The molecule has 0 spiro atoms. The molecule has 2 atom stereocenters. The van der Waals surface area contributed by atoms with Gasteiger partial charge < -0.3 is 20.4 Å². The van der Waals surface area contributed by atoms with Crippen LogP contribution in [0.1, 0.15) is 99.8 Å². The second kappa shape index (κ2) is 20.4. The highest BCUT2D eigenvalue weighted by atomic mass is 16.2. The molecule has 356 valence electrons. The zero-order valence-electron chi connectivity index (χ0n) is 40.2. The molecule has 8 aromatic rings. The molecule has 0 aliphatic carbocycles. The molecule has 16 heteroatoms. The van der Waals surface area contributed by atoms with E-state index in [0.29, 0.717) is 35.9 Å². The van der Waals surface area contributed by atoms with Gasteiger partial charge in [0.15, 0.2) is 0 Å². The van der Waals surface area contributed by atoms with Crippen molar-refractivity contribution in [3.8, 4) is 34.4 Å². The number of fused-ring (bicyclic) bond motifs is 2. The number of aryl methyl sites for hydroxylation is 4. The Labute approximate surface area is 411 Å². The Bertz CT molecular complexity index is 3390. The van der Waals surface area contributed by atoms with Gasteiger partial charge in [-0.15, -0.1) is 0 Å². The highest BCUT2D eigenvalue weighted by Crippen LogP contribution is 2.38. The maximum atomic E-state index is 12.7. The summed E-state index contributed by atoms with van der Waals surface area (Å²) in [6, 6.07) is 25.1. The van der Waals surface area contributed by atoms with Crippen LogP contribution in [0.3, 0.4) is 0 Å². The Morgan fingerprint density at radius 2 is 1.07 bits per heavy atom. The van der Waals surface area contributed by atoms with Crippen LogP contribution in [-0.4, -0.2) is 85.2 Å². The highest BCUT2D eigenvalue weighted by Gasteiger charge is 2.35. The summed E-state index contributed by atoms with van der Waals surface area (Å²) in [7, 11) is 0. The number of nitrogens with one attached hydrogen (secondary N) is 2. The predicted octanol–water partition coefficient (Wildman–Crippen LogP) is 8.86. The number of hydrogen-bond acceptors (Lipinski definition) is 10. The first-order valence-electron chi connectivity index (χ1n) is 23.5. The van der Waals surface area contributed by atoms with Crippen LogP contribution in [-0.2, 0) is 9.59 Å². The van der Waals surface area contributed by atoms with Gasteiger partial charge in [0, 0.05) is 71.5 Å². The maximum absolute atomic E-state index is 12.7. The quantitative estimate of drug-likeness (QED) is 0.105.